The Kier molecular flexibility index (Phi) is 16.8. The molecule has 0 spiro atoms. The molecule has 2 saturated heterocycles. The molecule has 4 heterocycles. The van der Waals surface area contributed by atoms with E-state index in [0.29, 0.717) is 67.7 Å². The Morgan fingerprint density at radius 1 is 0.653 bits per heavy atom. The van der Waals surface area contributed by atoms with E-state index >= 15 is 9.59 Å². The summed E-state index contributed by atoms with van der Waals surface area (Å²) in [6.45, 7) is 28.5. The van der Waals surface area contributed by atoms with Crippen LogP contribution in [-0.4, -0.2) is 92.0 Å². The summed E-state index contributed by atoms with van der Waals surface area (Å²) in [7, 11) is 0. The van der Waals surface area contributed by atoms with E-state index in [2.05, 4.69) is 68.4 Å². The first-order chi connectivity index (χ1) is 33.9. The van der Waals surface area contributed by atoms with Crippen LogP contribution in [0.3, 0.4) is 0 Å². The van der Waals surface area contributed by atoms with Crippen molar-refractivity contribution in [3.8, 4) is 0 Å². The fourth-order valence-corrected chi connectivity index (χ4v) is 9.64. The fourth-order valence-electron chi connectivity index (χ4n) is 9.64. The highest BCUT2D eigenvalue weighted by molar-refractivity contribution is 6.06. The minimum Gasteiger partial charge on any atom is -0.349 e. The summed E-state index contributed by atoms with van der Waals surface area (Å²) in [6, 6.07) is 19.4. The number of aromatic nitrogens is 2. The maximum atomic E-state index is 15.1. The van der Waals surface area contributed by atoms with Crippen LogP contribution in [0, 0.1) is 5.92 Å². The Balaban J connectivity index is 1.29. The maximum absolute atomic E-state index is 15.1. The average molecular weight is 979 g/mol. The number of hydrogen-bond acceptors (Lipinski definition) is 8. The van der Waals surface area contributed by atoms with Gasteiger partial charge in [-0.25, -0.2) is 0 Å². The van der Waals surface area contributed by atoms with Gasteiger partial charge in [-0.2, -0.15) is 0 Å². The van der Waals surface area contributed by atoms with Gasteiger partial charge in [-0.3, -0.25) is 48.5 Å². The number of rotatable bonds is 17. The highest BCUT2D eigenvalue weighted by atomic mass is 16.2. The maximum Gasteiger partial charge on any atom is 0.250 e. The summed E-state index contributed by atoms with van der Waals surface area (Å²) in [5.41, 5.74) is 2.14. The molecule has 382 valence electrons. The van der Waals surface area contributed by atoms with Gasteiger partial charge in [-0.1, -0.05) is 84.2 Å². The molecule has 0 radical (unpaired) electrons. The van der Waals surface area contributed by atoms with Crippen LogP contribution in [-0.2, 0) is 39.6 Å². The third-order valence-electron chi connectivity index (χ3n) is 13.8. The van der Waals surface area contributed by atoms with E-state index in [0.717, 1.165) is 11.1 Å². The number of anilines is 2. The van der Waals surface area contributed by atoms with Crippen LogP contribution in [0.15, 0.2) is 123 Å². The summed E-state index contributed by atoms with van der Waals surface area (Å²) in [6.07, 6.45) is 11.6. The van der Waals surface area contributed by atoms with E-state index in [4.69, 9.17) is 0 Å². The molecule has 0 saturated carbocycles. The van der Waals surface area contributed by atoms with Crippen LogP contribution >= 0.6 is 0 Å². The number of likely N-dealkylation sites (tertiary alicyclic amines) is 2. The molecule has 6 rings (SSSR count). The number of nitrogens with zero attached hydrogens (tertiary/aromatic N) is 6. The average Bonchev–Trinajstić information content (AvgIpc) is 4.05. The summed E-state index contributed by atoms with van der Waals surface area (Å²) in [5, 5.41) is 6.40. The first kappa shape index (κ1) is 54.4. The first-order valence-electron chi connectivity index (χ1n) is 25.0. The number of amides is 6. The molecule has 2 aromatic heterocycles. The molecule has 4 aromatic rings. The lowest BCUT2D eigenvalue weighted by atomic mass is 9.77. The van der Waals surface area contributed by atoms with Gasteiger partial charge >= 0.3 is 0 Å². The molecule has 14 heteroatoms. The molecule has 72 heavy (non-hydrogen) atoms. The van der Waals surface area contributed by atoms with Gasteiger partial charge in [0.15, 0.2) is 0 Å². The van der Waals surface area contributed by atoms with Crippen molar-refractivity contribution in [2.75, 3.05) is 29.4 Å². The molecule has 2 N–H and O–H groups in total. The van der Waals surface area contributed by atoms with Gasteiger partial charge in [0.1, 0.15) is 18.1 Å². The van der Waals surface area contributed by atoms with E-state index in [1.54, 1.807) is 58.9 Å². The van der Waals surface area contributed by atoms with Crippen molar-refractivity contribution in [2.24, 2.45) is 5.92 Å². The molecule has 6 amide bonds. The lowest BCUT2D eigenvalue weighted by Gasteiger charge is -2.38. The predicted octanol–water partition coefficient (Wildman–Crippen LogP) is 8.70. The normalized spacial score (nSPS) is 17.1. The molecule has 0 bridgehead atoms. The van der Waals surface area contributed by atoms with Crippen molar-refractivity contribution in [3.63, 3.8) is 0 Å². The standard InChI is InChI=1S/C58H74N8O6/c1-13-47(67)63-35-29-41(38-63)53(71)65(49(39-18-15-32-59-36-39)51(69)61-56(6,7)8)44-27-23-43(24-28-44)57(9,10)30-31-58(11,12)62-52(70)50(40-19-16-33-60-37-40)66(45-25-21-42(22-26-45)55(3,4)5)54(72)46-20-17-34-64(46)48(68)14-2/h13-16,18-19,21-28,32-33,36-37,41,46,49-50H,1-2,17,20,29-31,34-35,38H2,3-12H3,(H,61,69)(H,62,70). The van der Waals surface area contributed by atoms with Crippen LogP contribution in [0.5, 0.6) is 0 Å². The Bertz CT molecular complexity index is 2600. The number of pyridine rings is 2. The van der Waals surface area contributed by atoms with Crippen LogP contribution < -0.4 is 20.4 Å². The van der Waals surface area contributed by atoms with Gasteiger partial charge in [0, 0.05) is 78.0 Å². The molecule has 14 nitrogen and oxygen atoms in total. The molecule has 0 aliphatic carbocycles. The van der Waals surface area contributed by atoms with E-state index in [9.17, 15) is 19.2 Å². The zero-order valence-electron chi connectivity index (χ0n) is 43.9. The highest BCUT2D eigenvalue weighted by Crippen LogP contribution is 2.38. The van der Waals surface area contributed by atoms with E-state index in [1.807, 2.05) is 83.1 Å². The summed E-state index contributed by atoms with van der Waals surface area (Å²) in [4.78, 5) is 99.8. The Morgan fingerprint density at radius 2 is 1.17 bits per heavy atom. The van der Waals surface area contributed by atoms with Gasteiger partial charge in [-0.15, -0.1) is 0 Å². The Hall–Kier alpha value is -6.96. The van der Waals surface area contributed by atoms with Crippen LogP contribution in [0.4, 0.5) is 11.4 Å². The minimum atomic E-state index is -1.13. The molecule has 4 atom stereocenters. The zero-order valence-corrected chi connectivity index (χ0v) is 43.9. The number of carbonyl (C=O) groups is 6. The third-order valence-corrected chi connectivity index (χ3v) is 13.8. The smallest absolute Gasteiger partial charge is 0.250 e. The van der Waals surface area contributed by atoms with Crippen molar-refractivity contribution in [2.45, 2.75) is 141 Å². The van der Waals surface area contributed by atoms with Crippen LogP contribution in [0.25, 0.3) is 0 Å². The molecule has 2 fully saturated rings. The van der Waals surface area contributed by atoms with Crippen molar-refractivity contribution in [1.29, 1.82) is 0 Å². The van der Waals surface area contributed by atoms with E-state index in [-0.39, 0.29) is 41.5 Å². The van der Waals surface area contributed by atoms with Crippen molar-refractivity contribution in [3.05, 3.63) is 145 Å². The fraction of sp³-hybridized carbons (Fsp3) is 0.448. The van der Waals surface area contributed by atoms with Gasteiger partial charge in [0.05, 0.1) is 5.92 Å². The van der Waals surface area contributed by atoms with E-state index in [1.165, 1.54) is 22.0 Å². The van der Waals surface area contributed by atoms with Gasteiger partial charge in [-0.05, 0) is 137 Å². The van der Waals surface area contributed by atoms with Crippen LogP contribution in [0.1, 0.15) is 136 Å². The number of hydrogen-bond donors (Lipinski definition) is 2. The molecule has 2 aromatic carbocycles. The quantitative estimate of drug-likeness (QED) is 0.0993. The monoisotopic (exact) mass is 979 g/mol. The number of carbonyl (C=O) groups excluding carboxylic acids is 6. The molecular formula is C58H74N8O6. The molecule has 4 unspecified atom stereocenters. The molecule has 2 aliphatic heterocycles. The van der Waals surface area contributed by atoms with Gasteiger partial charge in [0.25, 0.3) is 5.91 Å². The number of nitrogens with one attached hydrogen (secondary N) is 2. The predicted molar refractivity (Wildman–Crippen MR) is 283 cm³/mol. The van der Waals surface area contributed by atoms with Crippen molar-refractivity contribution < 1.29 is 28.8 Å². The zero-order chi connectivity index (χ0) is 52.8. The molecule has 2 aliphatic rings. The van der Waals surface area contributed by atoms with Gasteiger partial charge in [0.2, 0.25) is 29.5 Å². The third kappa shape index (κ3) is 12.9. The summed E-state index contributed by atoms with van der Waals surface area (Å²) < 4.78 is 0. The Morgan fingerprint density at radius 3 is 1.65 bits per heavy atom. The lowest BCUT2D eigenvalue weighted by Crippen LogP contribution is -2.54. The molecular weight excluding hydrogens is 905 g/mol. The second-order valence-corrected chi connectivity index (χ2v) is 22.5. The van der Waals surface area contributed by atoms with Gasteiger partial charge < -0.3 is 20.4 Å². The topological polar surface area (TPSA) is 165 Å². The highest BCUT2D eigenvalue weighted by Gasteiger charge is 2.44. The van der Waals surface area contributed by atoms with Crippen LogP contribution in [0.2, 0.25) is 0 Å². The van der Waals surface area contributed by atoms with Crippen molar-refractivity contribution >= 4 is 46.8 Å². The summed E-state index contributed by atoms with van der Waals surface area (Å²) >= 11 is 0. The SMILES string of the molecule is C=CC(=O)N1CCC(C(=O)N(c2ccc(C(C)(C)CCC(C)(C)NC(=O)C(c3cccnc3)N(C(=O)C3CCCN3C(=O)C=C)c3ccc(C(C)(C)C)cc3)cc2)C(C(=O)NC(C)(C)C)c2cccnc2)C1. The number of benzene rings is 2. The summed E-state index contributed by atoms with van der Waals surface area (Å²) in [5.74, 6) is -2.56. The first-order valence-corrected chi connectivity index (χ1v) is 25.0. The largest absolute Gasteiger partial charge is 0.349 e. The Labute approximate surface area is 426 Å². The van der Waals surface area contributed by atoms with Crippen molar-refractivity contribution in [1.82, 2.24) is 30.4 Å². The lowest BCUT2D eigenvalue weighted by molar-refractivity contribution is -0.135. The van der Waals surface area contributed by atoms with E-state index < -0.39 is 46.4 Å². The minimum absolute atomic E-state index is 0.161. The second kappa shape index (κ2) is 22.2. The second-order valence-electron chi connectivity index (χ2n) is 22.5.